The van der Waals surface area contributed by atoms with Crippen molar-refractivity contribution in [3.63, 3.8) is 0 Å². The Morgan fingerprint density at radius 1 is 1.55 bits per heavy atom. The first kappa shape index (κ1) is 15.0. The number of aryl methyl sites for hydroxylation is 1. The predicted molar refractivity (Wildman–Crippen MR) is 80.6 cm³/mol. The number of hydrogen-bond acceptors (Lipinski definition) is 5. The first-order valence-corrected chi connectivity index (χ1v) is 7.49. The van der Waals surface area contributed by atoms with Gasteiger partial charge in [-0.1, -0.05) is 6.08 Å². The third kappa shape index (κ3) is 3.80. The molecular formula is C14H21N3O2S. The molecule has 0 saturated carbocycles. The summed E-state index contributed by atoms with van der Waals surface area (Å²) in [6.45, 7) is 8.49. The van der Waals surface area contributed by atoms with Crippen molar-refractivity contribution in [3.8, 4) is 0 Å². The molecule has 110 valence electrons. The molecule has 1 amide bonds. The number of nitrogens with two attached hydrogens (primary N) is 1. The predicted octanol–water partition coefficient (Wildman–Crippen LogP) is 2.41. The highest BCUT2D eigenvalue weighted by atomic mass is 32.1. The molecule has 0 aromatic carbocycles. The second-order valence-electron chi connectivity index (χ2n) is 6.01. The van der Waals surface area contributed by atoms with Crippen molar-refractivity contribution in [2.24, 2.45) is 5.73 Å². The maximum Gasteiger partial charge on any atom is 0.410 e. The largest absolute Gasteiger partial charge is 0.444 e. The molecule has 0 aliphatic carbocycles. The molecule has 2 N–H and O–H groups in total. The van der Waals surface area contributed by atoms with Gasteiger partial charge in [0, 0.05) is 29.2 Å². The van der Waals surface area contributed by atoms with E-state index in [0.29, 0.717) is 13.1 Å². The van der Waals surface area contributed by atoms with E-state index in [9.17, 15) is 4.79 Å². The smallest absolute Gasteiger partial charge is 0.410 e. The van der Waals surface area contributed by atoms with Crippen LogP contribution in [0.15, 0.2) is 11.5 Å². The van der Waals surface area contributed by atoms with E-state index in [1.165, 1.54) is 0 Å². The van der Waals surface area contributed by atoms with Crippen molar-refractivity contribution in [2.75, 3.05) is 13.1 Å². The molecule has 1 aliphatic heterocycles. The van der Waals surface area contributed by atoms with Crippen molar-refractivity contribution in [3.05, 3.63) is 22.2 Å². The molecule has 1 aromatic heterocycles. The molecule has 2 rings (SSSR count). The Labute approximate surface area is 123 Å². The van der Waals surface area contributed by atoms with Crippen molar-refractivity contribution >= 4 is 23.0 Å². The van der Waals surface area contributed by atoms with E-state index in [2.05, 4.69) is 4.98 Å². The summed E-state index contributed by atoms with van der Waals surface area (Å²) in [5.41, 5.74) is 7.49. The molecule has 1 aromatic rings. The Kier molecular flexibility index (Phi) is 4.15. The monoisotopic (exact) mass is 295 g/mol. The van der Waals surface area contributed by atoms with Gasteiger partial charge >= 0.3 is 6.09 Å². The van der Waals surface area contributed by atoms with Crippen LogP contribution in [0.4, 0.5) is 4.79 Å². The summed E-state index contributed by atoms with van der Waals surface area (Å²) in [5, 5.41) is 2.92. The molecule has 0 bridgehead atoms. The van der Waals surface area contributed by atoms with Crippen molar-refractivity contribution < 1.29 is 9.53 Å². The fraction of sp³-hybridized carbons (Fsp3) is 0.571. The molecule has 5 nitrogen and oxygen atoms in total. The Morgan fingerprint density at radius 2 is 2.25 bits per heavy atom. The van der Waals surface area contributed by atoms with E-state index < -0.39 is 5.60 Å². The summed E-state index contributed by atoms with van der Waals surface area (Å²) in [5.74, 6) is 0. The van der Waals surface area contributed by atoms with Gasteiger partial charge in [-0.05, 0) is 27.7 Å². The van der Waals surface area contributed by atoms with Crippen LogP contribution in [0.1, 0.15) is 31.5 Å². The number of carbonyl (C=O) groups is 1. The maximum absolute atomic E-state index is 12.1. The number of rotatable bonds is 1. The Morgan fingerprint density at radius 3 is 2.80 bits per heavy atom. The summed E-state index contributed by atoms with van der Waals surface area (Å²) >= 11 is 1.57. The number of hydrogen-bond donors (Lipinski definition) is 1. The first-order chi connectivity index (χ1) is 9.24. The van der Waals surface area contributed by atoms with Crippen LogP contribution in [0.3, 0.4) is 0 Å². The fourth-order valence-corrected chi connectivity index (χ4v) is 2.81. The van der Waals surface area contributed by atoms with Crippen molar-refractivity contribution in [1.82, 2.24) is 9.88 Å². The van der Waals surface area contributed by atoms with Gasteiger partial charge in [-0.2, -0.15) is 0 Å². The maximum atomic E-state index is 12.1. The minimum atomic E-state index is -0.500. The highest BCUT2D eigenvalue weighted by Crippen LogP contribution is 2.24. The topological polar surface area (TPSA) is 68.5 Å². The van der Waals surface area contributed by atoms with Crippen LogP contribution in [0.5, 0.6) is 0 Å². The van der Waals surface area contributed by atoms with E-state index in [-0.39, 0.29) is 12.1 Å². The Hall–Kier alpha value is -1.40. The Balaban J connectivity index is 2.12. The Bertz CT molecular complexity index is 531. The van der Waals surface area contributed by atoms with E-state index in [1.54, 1.807) is 16.2 Å². The summed E-state index contributed by atoms with van der Waals surface area (Å²) in [6, 6.07) is -0.185. The van der Waals surface area contributed by atoms with Gasteiger partial charge in [0.05, 0.1) is 6.54 Å². The lowest BCUT2D eigenvalue weighted by atomic mass is 10.1. The summed E-state index contributed by atoms with van der Waals surface area (Å²) < 4.78 is 5.40. The first-order valence-electron chi connectivity index (χ1n) is 6.61. The molecule has 2 heterocycles. The van der Waals surface area contributed by atoms with Crippen LogP contribution in [0.25, 0.3) is 5.57 Å². The zero-order chi connectivity index (χ0) is 14.9. The van der Waals surface area contributed by atoms with Crippen LogP contribution in [-0.4, -0.2) is 40.7 Å². The third-order valence-electron chi connectivity index (χ3n) is 2.75. The molecule has 0 spiro atoms. The van der Waals surface area contributed by atoms with Gasteiger partial charge in [0.15, 0.2) is 0 Å². The van der Waals surface area contributed by atoms with Gasteiger partial charge in [0.1, 0.15) is 10.6 Å². The van der Waals surface area contributed by atoms with Crippen LogP contribution >= 0.6 is 11.3 Å². The number of amides is 1. The van der Waals surface area contributed by atoms with Crippen molar-refractivity contribution in [2.45, 2.75) is 39.3 Å². The molecule has 0 fully saturated rings. The van der Waals surface area contributed by atoms with E-state index >= 15 is 0 Å². The van der Waals surface area contributed by atoms with Gasteiger partial charge in [-0.3, -0.25) is 0 Å². The molecule has 0 saturated heterocycles. The zero-order valence-electron chi connectivity index (χ0n) is 12.3. The van der Waals surface area contributed by atoms with Crippen LogP contribution < -0.4 is 5.73 Å². The summed E-state index contributed by atoms with van der Waals surface area (Å²) in [4.78, 5) is 18.2. The molecule has 0 radical (unpaired) electrons. The standard InChI is InChI=1S/C14H21N3O2S/c1-9-8-20-12(16-9)10-5-11(15)7-17(6-10)13(18)19-14(2,3)4/h5,8,11H,6-7,15H2,1-4H3. The van der Waals surface area contributed by atoms with Crippen LogP contribution in [-0.2, 0) is 4.74 Å². The zero-order valence-corrected chi connectivity index (χ0v) is 13.2. The fourth-order valence-electron chi connectivity index (χ4n) is 1.99. The average Bonchev–Trinajstić information content (AvgIpc) is 2.73. The van der Waals surface area contributed by atoms with Gasteiger partial charge in [0.25, 0.3) is 0 Å². The average molecular weight is 295 g/mol. The molecule has 1 aliphatic rings. The number of aromatic nitrogens is 1. The minimum Gasteiger partial charge on any atom is -0.444 e. The molecular weight excluding hydrogens is 274 g/mol. The second-order valence-corrected chi connectivity index (χ2v) is 6.87. The molecule has 20 heavy (non-hydrogen) atoms. The summed E-state index contributed by atoms with van der Waals surface area (Å²) in [7, 11) is 0. The normalized spacial score (nSPS) is 19.8. The van der Waals surface area contributed by atoms with Crippen LogP contribution in [0.2, 0.25) is 0 Å². The van der Waals surface area contributed by atoms with E-state index in [0.717, 1.165) is 16.3 Å². The molecule has 6 heteroatoms. The number of thiazole rings is 1. The van der Waals surface area contributed by atoms with E-state index in [1.807, 2.05) is 39.2 Å². The minimum absolute atomic E-state index is 0.185. The lowest BCUT2D eigenvalue weighted by Gasteiger charge is -2.32. The SMILES string of the molecule is Cc1csc(C2=CC(N)CN(C(=O)OC(C)(C)C)C2)n1. The number of carbonyl (C=O) groups excluding carboxylic acids is 1. The number of ether oxygens (including phenoxy) is 1. The van der Waals surface area contributed by atoms with Gasteiger partial charge in [-0.25, -0.2) is 9.78 Å². The van der Waals surface area contributed by atoms with Crippen molar-refractivity contribution in [1.29, 1.82) is 0 Å². The third-order valence-corrected chi connectivity index (χ3v) is 3.79. The molecule has 1 unspecified atom stereocenters. The van der Waals surface area contributed by atoms with Crippen LogP contribution in [0, 0.1) is 6.92 Å². The van der Waals surface area contributed by atoms with Gasteiger partial charge < -0.3 is 15.4 Å². The van der Waals surface area contributed by atoms with Gasteiger partial charge in [0.2, 0.25) is 0 Å². The quantitative estimate of drug-likeness (QED) is 0.864. The summed E-state index contributed by atoms with van der Waals surface area (Å²) in [6.07, 6.45) is 1.66. The second kappa shape index (κ2) is 5.54. The molecule has 1 atom stereocenters. The highest BCUT2D eigenvalue weighted by Gasteiger charge is 2.28. The van der Waals surface area contributed by atoms with Gasteiger partial charge in [-0.15, -0.1) is 11.3 Å². The lowest BCUT2D eigenvalue weighted by molar-refractivity contribution is 0.0265. The lowest BCUT2D eigenvalue weighted by Crippen LogP contribution is -2.46. The number of nitrogens with zero attached hydrogens (tertiary/aromatic N) is 2. The highest BCUT2D eigenvalue weighted by molar-refractivity contribution is 7.10. The van der Waals surface area contributed by atoms with E-state index in [4.69, 9.17) is 10.5 Å².